The summed E-state index contributed by atoms with van der Waals surface area (Å²) in [6.45, 7) is 1.73. The van der Waals surface area contributed by atoms with Crippen molar-refractivity contribution in [2.45, 2.75) is 13.0 Å². The number of methoxy groups -OCH3 is 2. The first-order valence-electron chi connectivity index (χ1n) is 7.14. The Bertz CT molecular complexity index is 668. The highest BCUT2D eigenvalue weighted by Crippen LogP contribution is 2.33. The molecular weight excluding hydrogens is 318 g/mol. The second kappa shape index (κ2) is 7.49. The van der Waals surface area contributed by atoms with Crippen LogP contribution in [0.4, 0.5) is 5.69 Å². The number of hydrogen-bond donors (Lipinski definition) is 0. The first-order chi connectivity index (χ1) is 11.5. The Morgan fingerprint density at radius 2 is 1.71 bits per heavy atom. The summed E-state index contributed by atoms with van der Waals surface area (Å²) in [7, 11) is 2.27. The Morgan fingerprint density at radius 3 is 2.25 bits per heavy atom. The quantitative estimate of drug-likeness (QED) is 0.581. The third-order valence-electron chi connectivity index (χ3n) is 3.24. The third-order valence-corrected chi connectivity index (χ3v) is 3.24. The highest BCUT2D eigenvalue weighted by molar-refractivity contribution is 6.07. The fraction of sp³-hybridized carbons (Fsp3) is 0.312. The van der Waals surface area contributed by atoms with Gasteiger partial charge in [0.2, 0.25) is 0 Å². The molecule has 1 atom stereocenters. The molecule has 2 rings (SSSR count). The van der Waals surface area contributed by atoms with Gasteiger partial charge in [0, 0.05) is 0 Å². The van der Waals surface area contributed by atoms with E-state index in [1.807, 2.05) is 0 Å². The molecule has 1 aliphatic heterocycles. The molecule has 128 valence electrons. The summed E-state index contributed by atoms with van der Waals surface area (Å²) in [5.74, 6) is -2.94. The average Bonchev–Trinajstić information content (AvgIpc) is 3.02. The second-order valence-corrected chi connectivity index (χ2v) is 4.63. The Balaban J connectivity index is 2.54. The van der Waals surface area contributed by atoms with Gasteiger partial charge in [0.05, 0.1) is 26.5 Å². The molecule has 0 saturated heterocycles. The maximum absolute atomic E-state index is 12.4. The van der Waals surface area contributed by atoms with Crippen molar-refractivity contribution < 1.29 is 33.4 Å². The zero-order valence-corrected chi connectivity index (χ0v) is 13.5. The largest absolute Gasteiger partial charge is 0.465 e. The van der Waals surface area contributed by atoms with Crippen molar-refractivity contribution in [3.63, 3.8) is 0 Å². The molecule has 0 amide bonds. The molecular formula is C16H17NO7. The van der Waals surface area contributed by atoms with E-state index in [4.69, 9.17) is 9.57 Å². The fourth-order valence-corrected chi connectivity index (χ4v) is 2.21. The van der Waals surface area contributed by atoms with E-state index in [9.17, 15) is 14.4 Å². The van der Waals surface area contributed by atoms with Crippen LogP contribution in [0.25, 0.3) is 0 Å². The number of rotatable bonds is 5. The summed E-state index contributed by atoms with van der Waals surface area (Å²) < 4.78 is 14.3. The summed E-state index contributed by atoms with van der Waals surface area (Å²) >= 11 is 0. The van der Waals surface area contributed by atoms with Crippen LogP contribution in [0.3, 0.4) is 0 Å². The SMILES string of the molecule is CCOC(=O)C1C(C(=O)OC)=C(C(=O)OC)ON1c1ccccc1. The standard InChI is InChI=1S/C16H17NO7/c1-4-23-15(19)12-11(14(18)21-2)13(16(20)22-3)24-17(12)10-8-6-5-7-9-10/h5-9,12H,4H2,1-3H3. The number of para-hydroxylation sites is 1. The zero-order chi connectivity index (χ0) is 17.7. The number of anilines is 1. The van der Waals surface area contributed by atoms with Crippen molar-refractivity contribution in [2.24, 2.45) is 0 Å². The summed E-state index contributed by atoms with van der Waals surface area (Å²) in [6, 6.07) is 7.23. The van der Waals surface area contributed by atoms with E-state index >= 15 is 0 Å². The molecule has 8 heteroatoms. The third kappa shape index (κ3) is 3.17. The monoisotopic (exact) mass is 335 g/mol. The number of nitrogens with zero attached hydrogens (tertiary/aromatic N) is 1. The van der Waals surface area contributed by atoms with Crippen LogP contribution in [0.1, 0.15) is 6.92 Å². The molecule has 1 aromatic carbocycles. The lowest BCUT2D eigenvalue weighted by atomic mass is 10.1. The van der Waals surface area contributed by atoms with Gasteiger partial charge in [0.25, 0.3) is 5.76 Å². The molecule has 0 aliphatic carbocycles. The highest BCUT2D eigenvalue weighted by Gasteiger charge is 2.48. The molecule has 1 aliphatic rings. The van der Waals surface area contributed by atoms with Crippen LogP contribution in [-0.4, -0.2) is 44.8 Å². The van der Waals surface area contributed by atoms with Crippen LogP contribution >= 0.6 is 0 Å². The molecule has 1 unspecified atom stereocenters. The lowest BCUT2D eigenvalue weighted by molar-refractivity contribution is -0.147. The molecule has 24 heavy (non-hydrogen) atoms. The second-order valence-electron chi connectivity index (χ2n) is 4.63. The topological polar surface area (TPSA) is 91.4 Å². The van der Waals surface area contributed by atoms with E-state index in [-0.39, 0.29) is 12.2 Å². The minimum atomic E-state index is -1.28. The van der Waals surface area contributed by atoms with Crippen molar-refractivity contribution >= 4 is 23.6 Å². The predicted octanol–water partition coefficient (Wildman–Crippen LogP) is 0.970. The predicted molar refractivity (Wildman–Crippen MR) is 81.5 cm³/mol. The highest BCUT2D eigenvalue weighted by atomic mass is 16.7. The van der Waals surface area contributed by atoms with E-state index in [1.54, 1.807) is 37.3 Å². The Morgan fingerprint density at radius 1 is 1.08 bits per heavy atom. The van der Waals surface area contributed by atoms with Crippen molar-refractivity contribution in [3.05, 3.63) is 41.7 Å². The number of benzene rings is 1. The van der Waals surface area contributed by atoms with Crippen LogP contribution in [0.2, 0.25) is 0 Å². The summed E-state index contributed by atoms with van der Waals surface area (Å²) in [5, 5.41) is 1.12. The van der Waals surface area contributed by atoms with Gasteiger partial charge >= 0.3 is 17.9 Å². The van der Waals surface area contributed by atoms with Gasteiger partial charge in [0.1, 0.15) is 5.57 Å². The van der Waals surface area contributed by atoms with Gasteiger partial charge in [0.15, 0.2) is 6.04 Å². The van der Waals surface area contributed by atoms with E-state index in [2.05, 4.69) is 9.47 Å². The lowest BCUT2D eigenvalue weighted by Gasteiger charge is -2.24. The lowest BCUT2D eigenvalue weighted by Crippen LogP contribution is -2.41. The maximum Gasteiger partial charge on any atom is 0.377 e. The van der Waals surface area contributed by atoms with E-state index in [1.165, 1.54) is 0 Å². The summed E-state index contributed by atoms with van der Waals surface area (Å²) in [6.07, 6.45) is 0. The zero-order valence-electron chi connectivity index (χ0n) is 13.5. The number of hydrogen-bond acceptors (Lipinski definition) is 8. The Kier molecular flexibility index (Phi) is 5.41. The molecule has 0 aromatic heterocycles. The maximum atomic E-state index is 12.4. The number of esters is 3. The number of hydroxylamine groups is 1. The molecule has 0 saturated carbocycles. The molecule has 0 bridgehead atoms. The van der Waals surface area contributed by atoms with Gasteiger partial charge in [-0.1, -0.05) is 18.2 Å². The van der Waals surface area contributed by atoms with Crippen molar-refractivity contribution in [1.29, 1.82) is 0 Å². The first kappa shape index (κ1) is 17.3. The molecule has 0 spiro atoms. The van der Waals surface area contributed by atoms with E-state index < -0.39 is 29.7 Å². The van der Waals surface area contributed by atoms with Gasteiger partial charge in [-0.25, -0.2) is 14.4 Å². The van der Waals surface area contributed by atoms with Gasteiger partial charge in [-0.3, -0.25) is 0 Å². The first-order valence-corrected chi connectivity index (χ1v) is 7.14. The van der Waals surface area contributed by atoms with Crippen LogP contribution in [0.5, 0.6) is 0 Å². The van der Waals surface area contributed by atoms with Crippen molar-refractivity contribution in [2.75, 3.05) is 25.9 Å². The summed E-state index contributed by atoms with van der Waals surface area (Å²) in [5.41, 5.74) is 0.183. The number of ether oxygens (including phenoxy) is 3. The normalized spacial score (nSPS) is 16.5. The molecule has 0 fully saturated rings. The minimum absolute atomic E-state index is 0.0972. The van der Waals surface area contributed by atoms with E-state index in [0.717, 1.165) is 19.3 Å². The summed E-state index contributed by atoms with van der Waals surface area (Å²) in [4.78, 5) is 41.9. The van der Waals surface area contributed by atoms with Crippen LogP contribution in [-0.2, 0) is 33.4 Å². The van der Waals surface area contributed by atoms with Gasteiger partial charge < -0.3 is 19.0 Å². The van der Waals surface area contributed by atoms with Crippen molar-refractivity contribution in [3.8, 4) is 0 Å². The smallest absolute Gasteiger partial charge is 0.377 e. The molecule has 1 aromatic rings. The number of carbonyl (C=O) groups excluding carboxylic acids is 3. The van der Waals surface area contributed by atoms with Crippen LogP contribution < -0.4 is 5.06 Å². The van der Waals surface area contributed by atoms with Gasteiger partial charge in [-0.05, 0) is 19.1 Å². The Labute approximate surface area is 138 Å². The van der Waals surface area contributed by atoms with Gasteiger partial charge in [-0.2, -0.15) is 5.06 Å². The Hall–Kier alpha value is -3.03. The molecule has 0 N–H and O–H groups in total. The fourth-order valence-electron chi connectivity index (χ4n) is 2.21. The number of carbonyl (C=O) groups is 3. The van der Waals surface area contributed by atoms with Gasteiger partial charge in [-0.15, -0.1) is 0 Å². The minimum Gasteiger partial charge on any atom is -0.465 e. The van der Waals surface area contributed by atoms with Crippen molar-refractivity contribution in [1.82, 2.24) is 0 Å². The molecule has 0 radical (unpaired) electrons. The average molecular weight is 335 g/mol. The van der Waals surface area contributed by atoms with E-state index in [0.29, 0.717) is 5.69 Å². The van der Waals surface area contributed by atoms with Crippen LogP contribution in [0.15, 0.2) is 41.7 Å². The molecule has 1 heterocycles. The molecule has 8 nitrogen and oxygen atoms in total. The van der Waals surface area contributed by atoms with Crippen LogP contribution in [0, 0.1) is 0 Å².